The first-order valence-corrected chi connectivity index (χ1v) is 31.0. The molecule has 0 bridgehead atoms. The van der Waals surface area contributed by atoms with E-state index in [1.807, 2.05) is 33.8 Å². The number of hydrogen-bond donors (Lipinski definition) is 7. The van der Waals surface area contributed by atoms with Gasteiger partial charge < -0.3 is 66.2 Å². The van der Waals surface area contributed by atoms with E-state index in [1.165, 1.54) is 39.2 Å². The summed E-state index contributed by atoms with van der Waals surface area (Å²) in [5.74, 6) is -4.59. The van der Waals surface area contributed by atoms with Crippen molar-refractivity contribution in [3.63, 3.8) is 0 Å². The van der Waals surface area contributed by atoms with E-state index in [4.69, 9.17) is 24.7 Å². The van der Waals surface area contributed by atoms with Gasteiger partial charge in [-0.1, -0.05) is 58.4 Å². The molecule has 3 aliphatic heterocycles. The number of aliphatic hydroxyl groups excluding tert-OH is 1. The molecule has 1 aromatic heterocycles. The number of ether oxygens (including phenoxy) is 4. The number of fused-ring (bicyclic) bond motifs is 1. The number of nitrogens with one attached hydrogen (secondary N) is 5. The van der Waals surface area contributed by atoms with Crippen LogP contribution in [-0.2, 0) is 59.1 Å². The molecule has 3 aliphatic rings. The molecule has 2 aromatic rings. The molecule has 1 aromatic carbocycles. The number of alkyl carbamates (subject to hydrolysis) is 1. The van der Waals surface area contributed by atoms with Crippen LogP contribution < -0.4 is 32.3 Å². The van der Waals surface area contributed by atoms with Crippen molar-refractivity contribution in [2.75, 3.05) is 45.1 Å². The monoisotopic (exact) mass is 1230 g/mol. The molecule has 10 atom stereocenters. The highest BCUT2D eigenvalue weighted by Gasteiger charge is 2.53. The summed E-state index contributed by atoms with van der Waals surface area (Å²) in [5.41, 5.74) is 3.91. The van der Waals surface area contributed by atoms with Gasteiger partial charge in [-0.05, 0) is 142 Å². The highest BCUT2D eigenvalue weighted by atomic mass is 32.1. The molecule has 23 nitrogen and oxygen atoms in total. The molecule has 482 valence electrons. The van der Waals surface area contributed by atoms with Gasteiger partial charge in [-0.3, -0.25) is 28.8 Å². The standard InChI is InChI=1S/C63H95N9O14S/c1-36(2)52(65-27-30-72-28-23-44(24-29-72)41(7)73)56(78)69-47(18-16-26-66-59(64)81)55(77)68-45-21-19-43(20-22-45)35-83-60(82)70-62(11,12)58(80)71(14)40(6)57(79)85-53-37(3)17-15-25-63(13)50(86-63)32-48(38(4)31-46-34-67-42(8)87-46)84-51(75)33-49(74)61(9,10)54(76)39(53)5/h19-22,31,34,37,39-40,44,47-50,52-53,65,74H,1,15-18,23-30,32-33,35H2,2-14H3,(H,68,77)(H,69,78)(H,70,82)(H3,64,66,81)/b38-31+/t37-,39+,40-,47-,48-,49-,50-,52-,53?,63+/m0/s1. The van der Waals surface area contributed by atoms with Crippen LogP contribution in [0.1, 0.15) is 149 Å². The van der Waals surface area contributed by atoms with Crippen molar-refractivity contribution in [2.24, 2.45) is 28.9 Å². The van der Waals surface area contributed by atoms with Gasteiger partial charge in [0.1, 0.15) is 54.0 Å². The van der Waals surface area contributed by atoms with Crippen LogP contribution in [0.4, 0.5) is 15.3 Å². The maximum Gasteiger partial charge on any atom is 0.408 e. The number of piperidine rings is 1. The minimum absolute atomic E-state index is 0.0773. The Kier molecular flexibility index (Phi) is 25.8. The number of aromatic nitrogens is 1. The van der Waals surface area contributed by atoms with Gasteiger partial charge in [-0.2, -0.15) is 0 Å². The number of cyclic esters (lactones) is 1. The summed E-state index contributed by atoms with van der Waals surface area (Å²) in [6.45, 7) is 26.8. The zero-order valence-electron chi connectivity index (χ0n) is 53.1. The minimum atomic E-state index is -1.60. The number of likely N-dealkylation sites (tertiary alicyclic amines) is 1. The molecule has 0 radical (unpaired) electrons. The number of anilines is 1. The molecule has 3 saturated heterocycles. The predicted octanol–water partition coefficient (Wildman–Crippen LogP) is 6.29. The van der Waals surface area contributed by atoms with Gasteiger partial charge in [0.15, 0.2) is 0 Å². The zero-order valence-corrected chi connectivity index (χ0v) is 53.9. The van der Waals surface area contributed by atoms with Crippen LogP contribution in [0.15, 0.2) is 48.2 Å². The van der Waals surface area contributed by atoms with Crippen molar-refractivity contribution in [1.82, 2.24) is 36.1 Å². The third kappa shape index (κ3) is 20.8. The number of primary amides is 1. The van der Waals surface area contributed by atoms with Crippen molar-refractivity contribution >= 4 is 76.5 Å². The number of epoxide rings is 1. The number of esters is 2. The number of nitrogens with two attached hydrogens (primary N) is 1. The Hall–Kier alpha value is -6.60. The number of Topliss-reactive ketones (excluding diaryl/α,β-unsaturated/α-hetero) is 2. The summed E-state index contributed by atoms with van der Waals surface area (Å²) >= 11 is 1.51. The summed E-state index contributed by atoms with van der Waals surface area (Å²) in [7, 11) is 1.40. The van der Waals surface area contributed by atoms with Crippen molar-refractivity contribution in [1.29, 1.82) is 0 Å². The van der Waals surface area contributed by atoms with Crippen molar-refractivity contribution in [3.8, 4) is 0 Å². The highest BCUT2D eigenvalue weighted by Crippen LogP contribution is 2.45. The third-order valence-electron chi connectivity index (χ3n) is 17.2. The number of aliphatic hydroxyl groups is 1. The number of ketones is 2. The number of amides is 6. The quantitative estimate of drug-likeness (QED) is 0.0211. The molecule has 0 spiro atoms. The van der Waals surface area contributed by atoms with Crippen LogP contribution in [0.2, 0.25) is 0 Å². The second-order valence-electron chi connectivity index (χ2n) is 25.2. The first-order valence-electron chi connectivity index (χ1n) is 30.2. The van der Waals surface area contributed by atoms with E-state index in [0.29, 0.717) is 62.0 Å². The molecule has 6 amide bonds. The van der Waals surface area contributed by atoms with Gasteiger partial charge in [0.05, 0.1) is 40.6 Å². The van der Waals surface area contributed by atoms with Crippen LogP contribution in [0.3, 0.4) is 0 Å². The number of nitrogens with zero attached hydrogens (tertiary/aromatic N) is 3. The third-order valence-corrected chi connectivity index (χ3v) is 18.1. The maximum atomic E-state index is 14.4. The summed E-state index contributed by atoms with van der Waals surface area (Å²) in [6.07, 6.45) is 3.27. The second kappa shape index (κ2) is 31.5. The number of thiazole rings is 1. The largest absolute Gasteiger partial charge is 0.460 e. The molecule has 3 fully saturated rings. The Balaban J connectivity index is 1.16. The number of urea groups is 1. The van der Waals surface area contributed by atoms with Gasteiger partial charge in [-0.25, -0.2) is 19.4 Å². The summed E-state index contributed by atoms with van der Waals surface area (Å²) in [5, 5.41) is 26.4. The summed E-state index contributed by atoms with van der Waals surface area (Å²) < 4.78 is 23.9. The topological polar surface area (TPSA) is 320 Å². The fourth-order valence-electron chi connectivity index (χ4n) is 11.1. The lowest BCUT2D eigenvalue weighted by Gasteiger charge is -2.37. The number of benzene rings is 1. The molecule has 0 aliphatic carbocycles. The Bertz CT molecular complexity index is 2810. The van der Waals surface area contributed by atoms with Gasteiger partial charge in [0.2, 0.25) is 17.7 Å². The molecule has 5 rings (SSSR count). The van der Waals surface area contributed by atoms with Crippen molar-refractivity contribution in [3.05, 3.63) is 63.6 Å². The van der Waals surface area contributed by atoms with Crippen LogP contribution >= 0.6 is 11.3 Å². The van der Waals surface area contributed by atoms with Crippen molar-refractivity contribution in [2.45, 2.75) is 201 Å². The van der Waals surface area contributed by atoms with E-state index in [9.17, 15) is 48.3 Å². The van der Waals surface area contributed by atoms with E-state index in [1.54, 1.807) is 65.1 Å². The lowest BCUT2D eigenvalue weighted by atomic mass is 9.72. The van der Waals surface area contributed by atoms with E-state index in [-0.39, 0.29) is 43.3 Å². The molecule has 1 unspecified atom stereocenters. The first kappa shape index (κ1) is 71.2. The van der Waals surface area contributed by atoms with Gasteiger partial charge in [0.25, 0.3) is 0 Å². The Morgan fingerprint density at radius 1 is 1.01 bits per heavy atom. The molecular weight excluding hydrogens is 1140 g/mol. The Morgan fingerprint density at radius 3 is 2.29 bits per heavy atom. The van der Waals surface area contributed by atoms with Crippen LogP contribution in [0.25, 0.3) is 6.08 Å². The normalized spacial score (nSPS) is 24.4. The average molecular weight is 1230 g/mol. The van der Waals surface area contributed by atoms with Crippen LogP contribution in [0, 0.1) is 30.1 Å². The van der Waals surface area contributed by atoms with Crippen LogP contribution in [0.5, 0.6) is 0 Å². The molecular formula is C63H95N9O14S. The minimum Gasteiger partial charge on any atom is -0.460 e. The number of carbonyl (C=O) groups is 9. The number of aryl methyl sites for hydroxylation is 1. The lowest BCUT2D eigenvalue weighted by Crippen LogP contribution is -2.58. The van der Waals surface area contributed by atoms with Crippen LogP contribution in [-0.4, -0.2) is 167 Å². The molecule has 8 N–H and O–H groups in total. The fraction of sp³-hybridized carbons (Fsp3) is 0.651. The summed E-state index contributed by atoms with van der Waals surface area (Å²) in [4.78, 5) is 129. The number of carbonyl (C=O) groups excluding carboxylic acids is 9. The molecule has 4 heterocycles. The smallest absolute Gasteiger partial charge is 0.408 e. The summed E-state index contributed by atoms with van der Waals surface area (Å²) in [6, 6.07) is 2.68. The molecule has 24 heteroatoms. The number of likely N-dealkylation sites (N-methyl/N-ethyl adjacent to an activating group) is 1. The SMILES string of the molecule is C=C(C)[C@H](NCCN1CCC(C(C)=O)CC1)C(=O)N[C@@H](CCCNC(N)=O)C(=O)Nc1ccc(COC(=O)NC(C)(C)C(=O)N(C)[C@@H](C)C(=O)OC2[C@@H](C)CCC[C@@]3(C)O[C@H]3C[C@@H](/C(C)=C/c3cnc(C)s3)OC(=O)C[C@H](O)C(C)(C)C(=O)[C@@H]2C)cc1. The lowest BCUT2D eigenvalue weighted by molar-refractivity contribution is -0.167. The number of rotatable bonds is 23. The average Bonchev–Trinajstić information content (AvgIpc) is 3.05. The maximum absolute atomic E-state index is 14.4. The van der Waals surface area contributed by atoms with E-state index < -0.39 is 113 Å². The number of hydrogen-bond acceptors (Lipinski definition) is 18. The van der Waals surface area contributed by atoms with Gasteiger partial charge in [0, 0.05) is 55.8 Å². The van der Waals surface area contributed by atoms with Gasteiger partial charge >= 0.3 is 24.1 Å². The van der Waals surface area contributed by atoms with E-state index in [2.05, 4.69) is 43.0 Å². The second-order valence-corrected chi connectivity index (χ2v) is 26.5. The molecule has 87 heavy (non-hydrogen) atoms. The van der Waals surface area contributed by atoms with Gasteiger partial charge in [-0.15, -0.1) is 11.3 Å². The Morgan fingerprint density at radius 2 is 1.68 bits per heavy atom. The fourth-order valence-corrected chi connectivity index (χ4v) is 11.9. The van der Waals surface area contributed by atoms with Crippen molar-refractivity contribution < 1.29 is 67.2 Å². The zero-order chi connectivity index (χ0) is 64.7. The highest BCUT2D eigenvalue weighted by molar-refractivity contribution is 7.12. The predicted molar refractivity (Wildman–Crippen MR) is 330 cm³/mol. The Labute approximate surface area is 516 Å². The first-order chi connectivity index (χ1) is 40.7. The van der Waals surface area contributed by atoms with E-state index >= 15 is 0 Å². The molecule has 0 saturated carbocycles. The van der Waals surface area contributed by atoms with E-state index in [0.717, 1.165) is 46.3 Å².